The Labute approximate surface area is 168 Å². The summed E-state index contributed by atoms with van der Waals surface area (Å²) in [5.74, 6) is 0.751. The van der Waals surface area contributed by atoms with E-state index in [1.54, 1.807) is 23.3 Å². The van der Waals surface area contributed by atoms with Gasteiger partial charge in [0.2, 0.25) is 5.91 Å². The third-order valence-electron chi connectivity index (χ3n) is 5.35. The largest absolute Gasteiger partial charge is 0.363 e. The van der Waals surface area contributed by atoms with Gasteiger partial charge in [-0.3, -0.25) is 4.79 Å². The minimum Gasteiger partial charge on any atom is -0.363 e. The Kier molecular flexibility index (Phi) is 4.44. The molecule has 2 aromatic heterocycles. The topological polar surface area (TPSA) is 71.8 Å². The van der Waals surface area contributed by atoms with Crippen molar-refractivity contribution in [3.8, 4) is 0 Å². The zero-order chi connectivity index (χ0) is 19.6. The van der Waals surface area contributed by atoms with E-state index in [1.807, 2.05) is 30.3 Å². The summed E-state index contributed by atoms with van der Waals surface area (Å²) in [7, 11) is 0. The number of benzene rings is 2. The van der Waals surface area contributed by atoms with E-state index in [9.17, 15) is 4.79 Å². The number of carbonyl (C=O) groups excluding carboxylic acids is 1. The number of rotatable bonds is 5. The molecule has 6 heteroatoms. The summed E-state index contributed by atoms with van der Waals surface area (Å²) in [5, 5.41) is 7.47. The molecular weight excluding hydrogens is 362 g/mol. The van der Waals surface area contributed by atoms with Crippen molar-refractivity contribution >= 4 is 28.3 Å². The van der Waals surface area contributed by atoms with Crippen LogP contribution in [0.5, 0.6) is 0 Å². The van der Waals surface area contributed by atoms with Crippen LogP contribution in [-0.2, 0) is 17.8 Å². The molecule has 0 aliphatic heterocycles. The lowest BCUT2D eigenvalue weighted by Crippen LogP contribution is -2.18. The van der Waals surface area contributed by atoms with Crippen LogP contribution in [0, 0.1) is 0 Å². The summed E-state index contributed by atoms with van der Waals surface area (Å²) in [6.07, 6.45) is 7.22. The monoisotopic (exact) mass is 383 g/mol. The first-order chi connectivity index (χ1) is 14.3. The van der Waals surface area contributed by atoms with Gasteiger partial charge in [-0.05, 0) is 48.2 Å². The van der Waals surface area contributed by atoms with Crippen LogP contribution in [0.15, 0.2) is 73.3 Å². The Morgan fingerprint density at radius 2 is 2.03 bits per heavy atom. The number of imidazole rings is 1. The lowest BCUT2D eigenvalue weighted by molar-refractivity contribution is -0.116. The van der Waals surface area contributed by atoms with Gasteiger partial charge in [-0.15, -0.1) is 0 Å². The molecule has 0 spiro atoms. The molecule has 2 aromatic carbocycles. The SMILES string of the molecule is O=C(Cn1ccnc1)Nc1cccc2nc(N[C@@H]3CCc4ccccc43)ccc12. The van der Waals surface area contributed by atoms with Gasteiger partial charge in [-0.1, -0.05) is 30.3 Å². The minimum atomic E-state index is -0.0970. The fourth-order valence-electron chi connectivity index (χ4n) is 3.97. The Morgan fingerprint density at radius 1 is 1.10 bits per heavy atom. The van der Waals surface area contributed by atoms with Gasteiger partial charge in [0.15, 0.2) is 0 Å². The lowest BCUT2D eigenvalue weighted by Gasteiger charge is -2.16. The first-order valence-electron chi connectivity index (χ1n) is 9.76. The zero-order valence-electron chi connectivity index (χ0n) is 15.9. The summed E-state index contributed by atoms with van der Waals surface area (Å²) < 4.78 is 1.74. The Balaban J connectivity index is 1.35. The Hall–Kier alpha value is -3.67. The van der Waals surface area contributed by atoms with E-state index in [1.165, 1.54) is 11.1 Å². The fraction of sp³-hybridized carbons (Fsp3) is 0.174. The number of aryl methyl sites for hydroxylation is 1. The smallest absolute Gasteiger partial charge is 0.244 e. The van der Waals surface area contributed by atoms with Crippen LogP contribution >= 0.6 is 0 Å². The Bertz CT molecular complexity index is 1170. The van der Waals surface area contributed by atoms with Gasteiger partial charge in [0.25, 0.3) is 0 Å². The van der Waals surface area contributed by atoms with Crippen molar-refractivity contribution in [1.82, 2.24) is 14.5 Å². The van der Waals surface area contributed by atoms with Crippen molar-refractivity contribution in [3.05, 3.63) is 84.4 Å². The molecule has 2 heterocycles. The van der Waals surface area contributed by atoms with Gasteiger partial charge in [0.05, 0.1) is 23.6 Å². The number of nitrogens with one attached hydrogen (secondary N) is 2. The summed E-state index contributed by atoms with van der Waals surface area (Å²) in [5.41, 5.74) is 4.38. The molecule has 6 nitrogen and oxygen atoms in total. The molecule has 0 bridgehead atoms. The fourth-order valence-corrected chi connectivity index (χ4v) is 3.97. The van der Waals surface area contributed by atoms with Crippen molar-refractivity contribution in [3.63, 3.8) is 0 Å². The summed E-state index contributed by atoms with van der Waals surface area (Å²) >= 11 is 0. The molecule has 0 saturated heterocycles. The first kappa shape index (κ1) is 17.4. The number of carbonyl (C=O) groups is 1. The van der Waals surface area contributed by atoms with E-state index >= 15 is 0 Å². The van der Waals surface area contributed by atoms with Crippen molar-refractivity contribution in [2.45, 2.75) is 25.4 Å². The van der Waals surface area contributed by atoms with Crippen LogP contribution in [0.25, 0.3) is 10.9 Å². The van der Waals surface area contributed by atoms with Crippen LogP contribution in [-0.4, -0.2) is 20.4 Å². The maximum Gasteiger partial charge on any atom is 0.244 e. The Morgan fingerprint density at radius 3 is 2.93 bits per heavy atom. The summed E-state index contributed by atoms with van der Waals surface area (Å²) in [4.78, 5) is 21.1. The van der Waals surface area contributed by atoms with E-state index in [-0.39, 0.29) is 18.5 Å². The highest BCUT2D eigenvalue weighted by molar-refractivity contribution is 6.01. The molecule has 1 amide bonds. The molecule has 29 heavy (non-hydrogen) atoms. The second-order valence-electron chi connectivity index (χ2n) is 7.29. The van der Waals surface area contributed by atoms with E-state index < -0.39 is 0 Å². The van der Waals surface area contributed by atoms with Crippen molar-refractivity contribution in [2.24, 2.45) is 0 Å². The average molecular weight is 383 g/mol. The van der Waals surface area contributed by atoms with E-state index in [2.05, 4.69) is 39.9 Å². The van der Waals surface area contributed by atoms with Crippen LogP contribution < -0.4 is 10.6 Å². The average Bonchev–Trinajstić information content (AvgIpc) is 3.38. The quantitative estimate of drug-likeness (QED) is 0.543. The second kappa shape index (κ2) is 7.39. The van der Waals surface area contributed by atoms with Crippen LogP contribution in [0.2, 0.25) is 0 Å². The molecule has 2 N–H and O–H groups in total. The van der Waals surface area contributed by atoms with E-state index in [0.717, 1.165) is 35.2 Å². The number of anilines is 2. The van der Waals surface area contributed by atoms with Crippen molar-refractivity contribution < 1.29 is 4.79 Å². The second-order valence-corrected chi connectivity index (χ2v) is 7.29. The molecule has 5 rings (SSSR count). The highest BCUT2D eigenvalue weighted by Gasteiger charge is 2.22. The first-order valence-corrected chi connectivity index (χ1v) is 9.76. The minimum absolute atomic E-state index is 0.0970. The van der Waals surface area contributed by atoms with Gasteiger partial charge in [-0.25, -0.2) is 9.97 Å². The molecular formula is C23H21N5O. The maximum absolute atomic E-state index is 12.3. The predicted octanol–water partition coefficient (Wildman–Crippen LogP) is 4.17. The van der Waals surface area contributed by atoms with Gasteiger partial charge in [0, 0.05) is 17.8 Å². The molecule has 0 unspecified atom stereocenters. The van der Waals surface area contributed by atoms with Crippen LogP contribution in [0.1, 0.15) is 23.6 Å². The van der Waals surface area contributed by atoms with Gasteiger partial charge in [0.1, 0.15) is 12.4 Å². The highest BCUT2D eigenvalue weighted by Crippen LogP contribution is 2.34. The van der Waals surface area contributed by atoms with Crippen LogP contribution in [0.3, 0.4) is 0 Å². The number of nitrogens with zero attached hydrogens (tertiary/aromatic N) is 3. The number of fused-ring (bicyclic) bond motifs is 2. The predicted molar refractivity (Wildman–Crippen MR) is 114 cm³/mol. The third kappa shape index (κ3) is 3.57. The standard InChI is InChI=1S/C23H21N5O/c29-23(14-28-13-12-24-15-28)27-20-7-3-6-19-18(20)9-11-22(25-19)26-21-10-8-16-4-1-2-5-17(16)21/h1-7,9,11-13,15,21H,8,10,14H2,(H,25,26)(H,27,29)/t21-/m1/s1. The normalized spacial score (nSPS) is 15.2. The van der Waals surface area contributed by atoms with E-state index in [0.29, 0.717) is 0 Å². The summed E-state index contributed by atoms with van der Waals surface area (Å²) in [6.45, 7) is 0.227. The molecule has 0 fully saturated rings. The number of pyridine rings is 1. The molecule has 4 aromatic rings. The molecule has 0 saturated carbocycles. The summed E-state index contributed by atoms with van der Waals surface area (Å²) in [6, 6.07) is 18.6. The molecule has 0 radical (unpaired) electrons. The van der Waals surface area contributed by atoms with Crippen molar-refractivity contribution in [1.29, 1.82) is 0 Å². The van der Waals surface area contributed by atoms with Gasteiger partial charge >= 0.3 is 0 Å². The van der Waals surface area contributed by atoms with Crippen LogP contribution in [0.4, 0.5) is 11.5 Å². The number of aromatic nitrogens is 3. The number of amides is 1. The molecule has 1 aliphatic rings. The maximum atomic E-state index is 12.3. The molecule has 144 valence electrons. The van der Waals surface area contributed by atoms with E-state index in [4.69, 9.17) is 4.98 Å². The van der Waals surface area contributed by atoms with Crippen molar-refractivity contribution in [2.75, 3.05) is 10.6 Å². The third-order valence-corrected chi connectivity index (χ3v) is 5.35. The molecule has 1 aliphatic carbocycles. The van der Waals surface area contributed by atoms with Gasteiger partial charge < -0.3 is 15.2 Å². The van der Waals surface area contributed by atoms with Gasteiger partial charge in [-0.2, -0.15) is 0 Å². The lowest BCUT2D eigenvalue weighted by atomic mass is 10.1. The molecule has 1 atom stereocenters. The number of hydrogen-bond acceptors (Lipinski definition) is 4. The number of hydrogen-bond donors (Lipinski definition) is 2. The highest BCUT2D eigenvalue weighted by atomic mass is 16.1. The zero-order valence-corrected chi connectivity index (χ0v) is 15.9.